The predicted molar refractivity (Wildman–Crippen MR) is 92.8 cm³/mol. The number of hydrogen-bond acceptors (Lipinski definition) is 3. The fourth-order valence-electron chi connectivity index (χ4n) is 2.10. The van der Waals surface area contributed by atoms with E-state index in [1.54, 1.807) is 0 Å². The van der Waals surface area contributed by atoms with Gasteiger partial charge in [0.1, 0.15) is 5.75 Å². The number of nitrogens with one attached hydrogen (secondary N) is 1. The van der Waals surface area contributed by atoms with Crippen LogP contribution in [0.15, 0.2) is 22.7 Å². The van der Waals surface area contributed by atoms with Gasteiger partial charge in [0.05, 0.1) is 0 Å². The Balaban J connectivity index is 2.30. The van der Waals surface area contributed by atoms with Crippen LogP contribution in [-0.4, -0.2) is 30.1 Å². The zero-order chi connectivity index (χ0) is 17.2. The fourth-order valence-corrected chi connectivity index (χ4v) is 2.48. The van der Waals surface area contributed by atoms with Crippen molar-refractivity contribution in [1.82, 2.24) is 5.32 Å². The van der Waals surface area contributed by atoms with Gasteiger partial charge in [-0.25, -0.2) is 0 Å². The minimum absolute atomic E-state index is 0.0174. The van der Waals surface area contributed by atoms with Gasteiger partial charge in [-0.3, -0.25) is 9.59 Å². The molecule has 1 aromatic rings. The molecule has 128 valence electrons. The molecule has 0 spiro atoms. The number of amides is 1. The van der Waals surface area contributed by atoms with Crippen LogP contribution in [0.1, 0.15) is 51.0 Å². The molecule has 6 heteroatoms. The lowest BCUT2D eigenvalue weighted by atomic mass is 10.0. The first-order valence-corrected chi connectivity index (χ1v) is 8.60. The van der Waals surface area contributed by atoms with Gasteiger partial charge < -0.3 is 15.2 Å². The molecule has 0 atom stereocenters. The highest BCUT2D eigenvalue weighted by Gasteiger charge is 2.10. The van der Waals surface area contributed by atoms with E-state index in [0.717, 1.165) is 28.6 Å². The van der Waals surface area contributed by atoms with Crippen molar-refractivity contribution in [2.75, 3.05) is 13.2 Å². The van der Waals surface area contributed by atoms with Crippen molar-refractivity contribution >= 4 is 27.8 Å². The molecule has 1 rings (SSSR count). The van der Waals surface area contributed by atoms with E-state index in [1.165, 1.54) is 0 Å². The van der Waals surface area contributed by atoms with Gasteiger partial charge >= 0.3 is 5.97 Å². The lowest BCUT2D eigenvalue weighted by molar-refractivity contribution is -0.137. The van der Waals surface area contributed by atoms with E-state index in [4.69, 9.17) is 9.84 Å². The zero-order valence-electron chi connectivity index (χ0n) is 13.6. The number of ether oxygens (including phenoxy) is 1. The highest BCUT2D eigenvalue weighted by Crippen LogP contribution is 2.29. The predicted octanol–water partition coefficient (Wildman–Crippen LogP) is 3.71. The van der Waals surface area contributed by atoms with Gasteiger partial charge in [0, 0.05) is 17.4 Å². The molecule has 0 saturated heterocycles. The van der Waals surface area contributed by atoms with Crippen LogP contribution in [0.25, 0.3) is 0 Å². The Labute approximate surface area is 145 Å². The number of aliphatic carboxylic acids is 1. The molecule has 1 amide bonds. The molecule has 0 fully saturated rings. The summed E-state index contributed by atoms with van der Waals surface area (Å²) < 4.78 is 6.60. The Kier molecular flexibility index (Phi) is 8.69. The Bertz CT molecular complexity index is 531. The molecule has 0 heterocycles. The standard InChI is InChI=1S/C17H24BrNO4/c1-12(2)14-10-13(18)7-8-15(14)23-11-16(20)19-9-5-3-4-6-17(21)22/h7-8,10,12H,3-6,9,11H2,1-2H3,(H,19,20)(H,21,22). The van der Waals surface area contributed by atoms with E-state index >= 15 is 0 Å². The first-order valence-electron chi connectivity index (χ1n) is 7.81. The number of carbonyl (C=O) groups excluding carboxylic acids is 1. The molecule has 0 aromatic heterocycles. The average molecular weight is 386 g/mol. The summed E-state index contributed by atoms with van der Waals surface area (Å²) in [6.45, 7) is 4.67. The zero-order valence-corrected chi connectivity index (χ0v) is 15.2. The molecular formula is C17H24BrNO4. The molecule has 0 aliphatic heterocycles. The maximum atomic E-state index is 11.8. The maximum absolute atomic E-state index is 11.8. The van der Waals surface area contributed by atoms with Crippen LogP contribution in [0.4, 0.5) is 0 Å². The topological polar surface area (TPSA) is 75.6 Å². The molecule has 2 N–H and O–H groups in total. The Hall–Kier alpha value is -1.56. The third-order valence-electron chi connectivity index (χ3n) is 3.34. The van der Waals surface area contributed by atoms with Crippen LogP contribution in [0, 0.1) is 0 Å². The first kappa shape index (κ1) is 19.5. The van der Waals surface area contributed by atoms with E-state index in [0.29, 0.717) is 18.9 Å². The Morgan fingerprint density at radius 2 is 2.00 bits per heavy atom. The number of rotatable bonds is 10. The Morgan fingerprint density at radius 3 is 2.65 bits per heavy atom. The summed E-state index contributed by atoms with van der Waals surface area (Å²) in [4.78, 5) is 22.1. The average Bonchev–Trinajstić information content (AvgIpc) is 2.49. The van der Waals surface area contributed by atoms with Crippen molar-refractivity contribution in [3.8, 4) is 5.75 Å². The quantitative estimate of drug-likeness (QED) is 0.601. The van der Waals surface area contributed by atoms with E-state index < -0.39 is 5.97 Å². The number of benzene rings is 1. The number of hydrogen-bond donors (Lipinski definition) is 2. The van der Waals surface area contributed by atoms with Crippen molar-refractivity contribution < 1.29 is 19.4 Å². The van der Waals surface area contributed by atoms with Crippen LogP contribution >= 0.6 is 15.9 Å². The van der Waals surface area contributed by atoms with E-state index in [2.05, 4.69) is 35.1 Å². The monoisotopic (exact) mass is 385 g/mol. The van der Waals surface area contributed by atoms with Gasteiger partial charge in [-0.2, -0.15) is 0 Å². The van der Waals surface area contributed by atoms with Gasteiger partial charge in [0.2, 0.25) is 0 Å². The van der Waals surface area contributed by atoms with Gasteiger partial charge in [-0.1, -0.05) is 36.2 Å². The van der Waals surface area contributed by atoms with Crippen LogP contribution in [0.2, 0.25) is 0 Å². The summed E-state index contributed by atoms with van der Waals surface area (Å²) in [6, 6.07) is 5.75. The van der Waals surface area contributed by atoms with Crippen LogP contribution in [0.3, 0.4) is 0 Å². The summed E-state index contributed by atoms with van der Waals surface area (Å²) in [6.07, 6.45) is 2.38. The smallest absolute Gasteiger partial charge is 0.303 e. The molecule has 0 radical (unpaired) electrons. The van der Waals surface area contributed by atoms with Crippen LogP contribution < -0.4 is 10.1 Å². The molecule has 1 aromatic carbocycles. The number of carbonyl (C=O) groups is 2. The highest BCUT2D eigenvalue weighted by atomic mass is 79.9. The second-order valence-electron chi connectivity index (χ2n) is 5.68. The molecule has 0 bridgehead atoms. The number of unbranched alkanes of at least 4 members (excludes halogenated alkanes) is 2. The van der Waals surface area contributed by atoms with E-state index in [-0.39, 0.29) is 18.9 Å². The van der Waals surface area contributed by atoms with Crippen molar-refractivity contribution in [2.45, 2.75) is 45.4 Å². The number of halogens is 1. The molecule has 0 saturated carbocycles. The molecule has 5 nitrogen and oxygen atoms in total. The summed E-state index contributed by atoms with van der Waals surface area (Å²) in [5.41, 5.74) is 1.06. The largest absolute Gasteiger partial charge is 0.483 e. The van der Waals surface area contributed by atoms with Gasteiger partial charge in [-0.05, 0) is 42.5 Å². The van der Waals surface area contributed by atoms with Gasteiger partial charge in [-0.15, -0.1) is 0 Å². The van der Waals surface area contributed by atoms with Crippen LogP contribution in [-0.2, 0) is 9.59 Å². The Morgan fingerprint density at radius 1 is 1.26 bits per heavy atom. The summed E-state index contributed by atoms with van der Waals surface area (Å²) in [5, 5.41) is 11.3. The summed E-state index contributed by atoms with van der Waals surface area (Å²) in [7, 11) is 0. The fraction of sp³-hybridized carbons (Fsp3) is 0.529. The normalized spacial score (nSPS) is 10.6. The second kappa shape index (κ2) is 10.3. The van der Waals surface area contributed by atoms with E-state index in [9.17, 15) is 9.59 Å². The minimum Gasteiger partial charge on any atom is -0.483 e. The van der Waals surface area contributed by atoms with Crippen molar-refractivity contribution in [2.24, 2.45) is 0 Å². The maximum Gasteiger partial charge on any atom is 0.303 e. The van der Waals surface area contributed by atoms with E-state index in [1.807, 2.05) is 18.2 Å². The highest BCUT2D eigenvalue weighted by molar-refractivity contribution is 9.10. The first-order chi connectivity index (χ1) is 10.9. The summed E-state index contributed by atoms with van der Waals surface area (Å²) >= 11 is 3.44. The molecule has 0 unspecified atom stereocenters. The van der Waals surface area contributed by atoms with Crippen molar-refractivity contribution in [3.05, 3.63) is 28.2 Å². The van der Waals surface area contributed by atoms with Gasteiger partial charge in [0.25, 0.3) is 5.91 Å². The molecule has 0 aliphatic rings. The minimum atomic E-state index is -0.780. The van der Waals surface area contributed by atoms with Crippen molar-refractivity contribution in [3.63, 3.8) is 0 Å². The van der Waals surface area contributed by atoms with Gasteiger partial charge in [0.15, 0.2) is 6.61 Å². The summed E-state index contributed by atoms with van der Waals surface area (Å²) in [5.74, 6) is 0.0818. The molecule has 23 heavy (non-hydrogen) atoms. The molecule has 0 aliphatic carbocycles. The molecular weight excluding hydrogens is 362 g/mol. The third kappa shape index (κ3) is 8.02. The third-order valence-corrected chi connectivity index (χ3v) is 3.84. The van der Waals surface area contributed by atoms with Crippen LogP contribution in [0.5, 0.6) is 5.75 Å². The number of carboxylic acid groups (broad SMARTS) is 1. The van der Waals surface area contributed by atoms with Crippen molar-refractivity contribution in [1.29, 1.82) is 0 Å². The lowest BCUT2D eigenvalue weighted by Crippen LogP contribution is -2.29. The number of carboxylic acids is 1. The second-order valence-corrected chi connectivity index (χ2v) is 6.60. The lowest BCUT2D eigenvalue weighted by Gasteiger charge is -2.14. The SMILES string of the molecule is CC(C)c1cc(Br)ccc1OCC(=O)NCCCCCC(=O)O.